The van der Waals surface area contributed by atoms with Crippen LogP contribution in [0.1, 0.15) is 5.89 Å². The molecule has 0 spiro atoms. The quantitative estimate of drug-likeness (QED) is 0.779. The molecular weight excluding hydrogens is 249 g/mol. The Morgan fingerprint density at radius 3 is 2.86 bits per heavy atom. The molecule has 1 aromatic heterocycles. The van der Waals surface area contributed by atoms with E-state index in [0.717, 1.165) is 0 Å². The van der Waals surface area contributed by atoms with E-state index in [2.05, 4.69) is 20.9 Å². The van der Waals surface area contributed by atoms with Gasteiger partial charge in [0.2, 0.25) is 0 Å². The molecule has 4 heteroatoms. The van der Waals surface area contributed by atoms with Crippen LogP contribution in [-0.4, -0.2) is 4.98 Å². The summed E-state index contributed by atoms with van der Waals surface area (Å²) in [7, 11) is 0. The summed E-state index contributed by atoms with van der Waals surface area (Å²) in [6.45, 7) is 1.72. The van der Waals surface area contributed by atoms with E-state index in [1.807, 2.05) is 0 Å². The van der Waals surface area contributed by atoms with Crippen LogP contribution in [0.3, 0.4) is 0 Å². The summed E-state index contributed by atoms with van der Waals surface area (Å²) in [5.41, 5.74) is 0.417. The highest BCUT2D eigenvalue weighted by Crippen LogP contribution is 2.27. The normalized spacial score (nSPS) is 10.5. The third-order valence-corrected chi connectivity index (χ3v) is 2.45. The standard InChI is InChI=1S/C10H7BrFNO/c1-6-13-5-9(14-6)7-3-2-4-8(11)10(7)12/h2-5H,1H3. The Bertz CT molecular complexity index is 467. The molecule has 0 atom stereocenters. The minimum absolute atomic E-state index is 0.330. The van der Waals surface area contributed by atoms with Crippen LogP contribution in [0, 0.1) is 12.7 Å². The Morgan fingerprint density at radius 2 is 2.21 bits per heavy atom. The summed E-state index contributed by atoms with van der Waals surface area (Å²) in [6, 6.07) is 5.04. The van der Waals surface area contributed by atoms with Crippen LogP contribution in [-0.2, 0) is 0 Å². The highest BCUT2D eigenvalue weighted by atomic mass is 79.9. The van der Waals surface area contributed by atoms with Gasteiger partial charge in [-0.1, -0.05) is 6.07 Å². The number of aromatic nitrogens is 1. The molecule has 1 aromatic carbocycles. The lowest BCUT2D eigenvalue weighted by Crippen LogP contribution is -1.83. The predicted molar refractivity (Wildman–Crippen MR) is 54.3 cm³/mol. The molecule has 0 aliphatic heterocycles. The van der Waals surface area contributed by atoms with Gasteiger partial charge in [0.05, 0.1) is 16.2 Å². The summed E-state index contributed by atoms with van der Waals surface area (Å²) >= 11 is 3.11. The Balaban J connectivity index is 2.57. The molecule has 0 bridgehead atoms. The van der Waals surface area contributed by atoms with E-state index in [9.17, 15) is 4.39 Å². The second kappa shape index (κ2) is 3.53. The first kappa shape index (κ1) is 9.40. The van der Waals surface area contributed by atoms with Crippen molar-refractivity contribution in [1.82, 2.24) is 4.98 Å². The van der Waals surface area contributed by atoms with Gasteiger partial charge >= 0.3 is 0 Å². The zero-order chi connectivity index (χ0) is 10.1. The average Bonchev–Trinajstić information content (AvgIpc) is 2.57. The van der Waals surface area contributed by atoms with Crippen LogP contribution in [0.4, 0.5) is 4.39 Å². The minimum Gasteiger partial charge on any atom is -0.441 e. The molecule has 0 amide bonds. The fourth-order valence-electron chi connectivity index (χ4n) is 1.18. The van der Waals surface area contributed by atoms with E-state index in [-0.39, 0.29) is 5.82 Å². The second-order valence-corrected chi connectivity index (χ2v) is 3.70. The number of hydrogen-bond acceptors (Lipinski definition) is 2. The molecule has 2 aromatic rings. The Morgan fingerprint density at radius 1 is 1.43 bits per heavy atom. The van der Waals surface area contributed by atoms with Gasteiger partial charge in [-0.3, -0.25) is 0 Å². The topological polar surface area (TPSA) is 26.0 Å². The first-order valence-electron chi connectivity index (χ1n) is 4.05. The van der Waals surface area contributed by atoms with Gasteiger partial charge in [0, 0.05) is 6.92 Å². The molecule has 0 unspecified atom stereocenters. The summed E-state index contributed by atoms with van der Waals surface area (Å²) in [4.78, 5) is 3.92. The van der Waals surface area contributed by atoms with E-state index in [1.54, 1.807) is 25.1 Å². The molecular formula is C10H7BrFNO. The molecule has 0 aliphatic carbocycles. The molecule has 0 aliphatic rings. The van der Waals surface area contributed by atoms with Crippen molar-refractivity contribution in [2.75, 3.05) is 0 Å². The molecule has 72 valence electrons. The first-order chi connectivity index (χ1) is 6.68. The Labute approximate surface area is 88.9 Å². The Kier molecular flexibility index (Phi) is 2.37. The molecule has 0 saturated heterocycles. The average molecular weight is 256 g/mol. The zero-order valence-electron chi connectivity index (χ0n) is 7.42. The molecule has 1 heterocycles. The zero-order valence-corrected chi connectivity index (χ0v) is 9.01. The number of oxazole rings is 1. The van der Waals surface area contributed by atoms with E-state index in [0.29, 0.717) is 21.7 Å². The summed E-state index contributed by atoms with van der Waals surface area (Å²) < 4.78 is 19.2. The monoisotopic (exact) mass is 255 g/mol. The number of aryl methyl sites for hydroxylation is 1. The van der Waals surface area contributed by atoms with Gasteiger partial charge < -0.3 is 4.42 Å². The van der Waals surface area contributed by atoms with Crippen molar-refractivity contribution in [3.05, 3.63) is 40.6 Å². The maximum atomic E-state index is 13.6. The van der Waals surface area contributed by atoms with Gasteiger partial charge in [-0.15, -0.1) is 0 Å². The van der Waals surface area contributed by atoms with Crippen molar-refractivity contribution in [2.45, 2.75) is 6.92 Å². The van der Waals surface area contributed by atoms with Crippen molar-refractivity contribution < 1.29 is 8.81 Å². The van der Waals surface area contributed by atoms with Crippen LogP contribution in [0.15, 0.2) is 33.3 Å². The third kappa shape index (κ3) is 1.57. The number of rotatable bonds is 1. The first-order valence-corrected chi connectivity index (χ1v) is 4.84. The lowest BCUT2D eigenvalue weighted by atomic mass is 10.2. The molecule has 0 N–H and O–H groups in total. The SMILES string of the molecule is Cc1ncc(-c2cccc(Br)c2F)o1. The van der Waals surface area contributed by atoms with Gasteiger partial charge in [0.15, 0.2) is 11.7 Å². The van der Waals surface area contributed by atoms with Gasteiger partial charge in [0.1, 0.15) is 5.82 Å². The molecule has 14 heavy (non-hydrogen) atoms. The number of halogens is 2. The van der Waals surface area contributed by atoms with E-state index < -0.39 is 0 Å². The smallest absolute Gasteiger partial charge is 0.191 e. The lowest BCUT2D eigenvalue weighted by molar-refractivity contribution is 0.528. The number of nitrogens with zero attached hydrogens (tertiary/aromatic N) is 1. The van der Waals surface area contributed by atoms with E-state index in [4.69, 9.17) is 4.42 Å². The third-order valence-electron chi connectivity index (χ3n) is 1.84. The largest absolute Gasteiger partial charge is 0.441 e. The molecule has 2 rings (SSSR count). The predicted octanol–water partition coefficient (Wildman–Crippen LogP) is 3.55. The lowest BCUT2D eigenvalue weighted by Gasteiger charge is -1.99. The fourth-order valence-corrected chi connectivity index (χ4v) is 1.55. The van der Waals surface area contributed by atoms with Gasteiger partial charge in [-0.2, -0.15) is 0 Å². The van der Waals surface area contributed by atoms with Crippen LogP contribution in [0.2, 0.25) is 0 Å². The maximum absolute atomic E-state index is 13.6. The van der Waals surface area contributed by atoms with Gasteiger partial charge in [-0.05, 0) is 28.1 Å². The molecule has 0 radical (unpaired) electrons. The maximum Gasteiger partial charge on any atom is 0.191 e. The van der Waals surface area contributed by atoms with Gasteiger partial charge in [0.25, 0.3) is 0 Å². The van der Waals surface area contributed by atoms with Crippen molar-refractivity contribution >= 4 is 15.9 Å². The van der Waals surface area contributed by atoms with Crippen molar-refractivity contribution in [1.29, 1.82) is 0 Å². The summed E-state index contributed by atoms with van der Waals surface area (Å²) in [5.74, 6) is 0.643. The van der Waals surface area contributed by atoms with Crippen LogP contribution >= 0.6 is 15.9 Å². The fraction of sp³-hybridized carbons (Fsp3) is 0.100. The summed E-state index contributed by atoms with van der Waals surface area (Å²) in [5, 5.41) is 0. The van der Waals surface area contributed by atoms with Crippen molar-refractivity contribution in [3.63, 3.8) is 0 Å². The van der Waals surface area contributed by atoms with Crippen LogP contribution in [0.25, 0.3) is 11.3 Å². The summed E-state index contributed by atoms with van der Waals surface area (Å²) in [6.07, 6.45) is 1.51. The van der Waals surface area contributed by atoms with E-state index >= 15 is 0 Å². The molecule has 0 fully saturated rings. The highest BCUT2D eigenvalue weighted by molar-refractivity contribution is 9.10. The molecule has 2 nitrogen and oxygen atoms in total. The number of hydrogen-bond donors (Lipinski definition) is 0. The highest BCUT2D eigenvalue weighted by Gasteiger charge is 2.11. The molecule has 0 saturated carbocycles. The van der Waals surface area contributed by atoms with E-state index in [1.165, 1.54) is 6.20 Å². The second-order valence-electron chi connectivity index (χ2n) is 2.84. The van der Waals surface area contributed by atoms with Crippen LogP contribution < -0.4 is 0 Å². The number of benzene rings is 1. The minimum atomic E-state index is -0.330. The Hall–Kier alpha value is -1.16. The van der Waals surface area contributed by atoms with Crippen molar-refractivity contribution in [2.24, 2.45) is 0 Å². The van der Waals surface area contributed by atoms with Crippen molar-refractivity contribution in [3.8, 4) is 11.3 Å². The van der Waals surface area contributed by atoms with Crippen LogP contribution in [0.5, 0.6) is 0 Å². The van der Waals surface area contributed by atoms with Gasteiger partial charge in [-0.25, -0.2) is 9.37 Å².